The molecule has 158 valence electrons. The molecule has 2 aromatic rings. The van der Waals surface area contributed by atoms with Crippen molar-refractivity contribution < 1.29 is 9.47 Å². The average Bonchev–Trinajstić information content (AvgIpc) is 3.11. The second-order valence-corrected chi connectivity index (χ2v) is 8.66. The van der Waals surface area contributed by atoms with E-state index in [4.69, 9.17) is 14.5 Å². The fourth-order valence-electron chi connectivity index (χ4n) is 3.35. The number of nitrogens with one attached hydrogen (secondary N) is 2. The predicted molar refractivity (Wildman–Crippen MR) is 128 cm³/mol. The van der Waals surface area contributed by atoms with Crippen LogP contribution in [0.5, 0.6) is 11.5 Å². The molecule has 0 radical (unpaired) electrons. The molecule has 1 saturated carbocycles. The van der Waals surface area contributed by atoms with E-state index < -0.39 is 0 Å². The highest BCUT2D eigenvalue weighted by Gasteiger charge is 2.44. The van der Waals surface area contributed by atoms with Gasteiger partial charge in [0, 0.05) is 23.9 Å². The topological polar surface area (TPSA) is 67.8 Å². The van der Waals surface area contributed by atoms with Gasteiger partial charge in [0.15, 0.2) is 17.5 Å². The number of halogens is 1. The molecule has 8 heteroatoms. The van der Waals surface area contributed by atoms with Crippen molar-refractivity contribution in [3.8, 4) is 11.5 Å². The zero-order chi connectivity index (χ0) is 19.6. The summed E-state index contributed by atoms with van der Waals surface area (Å²) in [6.45, 7) is 9.02. The van der Waals surface area contributed by atoms with Crippen LogP contribution in [-0.2, 0) is 12.0 Å². The number of fused-ring (bicyclic) bond motifs is 1. The van der Waals surface area contributed by atoms with E-state index in [1.807, 2.05) is 6.07 Å². The minimum atomic E-state index is 0. The van der Waals surface area contributed by atoms with Crippen LogP contribution >= 0.6 is 35.3 Å². The van der Waals surface area contributed by atoms with Crippen LogP contribution in [0, 0.1) is 0 Å². The summed E-state index contributed by atoms with van der Waals surface area (Å²) in [5.41, 5.74) is 2.61. The fourth-order valence-corrected chi connectivity index (χ4v) is 4.23. The van der Waals surface area contributed by atoms with Gasteiger partial charge in [-0.3, -0.25) is 0 Å². The number of aliphatic imine (C=N–C) groups is 1. The number of hydrogen-bond acceptors (Lipinski definition) is 5. The molecule has 1 fully saturated rings. The van der Waals surface area contributed by atoms with Gasteiger partial charge in [0.05, 0.1) is 12.2 Å². The van der Waals surface area contributed by atoms with Gasteiger partial charge in [-0.1, -0.05) is 19.9 Å². The van der Waals surface area contributed by atoms with E-state index in [1.54, 1.807) is 11.3 Å². The van der Waals surface area contributed by atoms with Crippen molar-refractivity contribution in [3.63, 3.8) is 0 Å². The summed E-state index contributed by atoms with van der Waals surface area (Å²) >= 11 is 1.68. The van der Waals surface area contributed by atoms with Gasteiger partial charge in [0.1, 0.15) is 5.01 Å². The van der Waals surface area contributed by atoms with Crippen LogP contribution in [0.4, 0.5) is 0 Å². The van der Waals surface area contributed by atoms with E-state index in [9.17, 15) is 0 Å². The molecule has 0 unspecified atom stereocenters. The van der Waals surface area contributed by atoms with Crippen molar-refractivity contribution in [1.82, 2.24) is 15.6 Å². The van der Waals surface area contributed by atoms with Gasteiger partial charge in [-0.05, 0) is 43.4 Å². The number of thiazole rings is 1. The van der Waals surface area contributed by atoms with Crippen LogP contribution in [0.15, 0.2) is 28.6 Å². The van der Waals surface area contributed by atoms with Crippen molar-refractivity contribution in [2.45, 2.75) is 51.5 Å². The van der Waals surface area contributed by atoms with Gasteiger partial charge in [-0.25, -0.2) is 9.98 Å². The summed E-state index contributed by atoms with van der Waals surface area (Å²) in [5, 5.41) is 10.1. The third-order valence-electron chi connectivity index (χ3n) is 5.31. The van der Waals surface area contributed by atoms with Crippen molar-refractivity contribution in [2.24, 2.45) is 4.99 Å². The summed E-state index contributed by atoms with van der Waals surface area (Å²) in [7, 11) is 0. The van der Waals surface area contributed by atoms with Crippen LogP contribution in [0.3, 0.4) is 0 Å². The first-order valence-electron chi connectivity index (χ1n) is 9.96. The Labute approximate surface area is 193 Å². The third-order valence-corrected chi connectivity index (χ3v) is 6.16. The van der Waals surface area contributed by atoms with Gasteiger partial charge >= 0.3 is 0 Å². The minimum Gasteiger partial charge on any atom is -0.454 e. The van der Waals surface area contributed by atoms with Crippen molar-refractivity contribution in [3.05, 3.63) is 39.8 Å². The zero-order valence-electron chi connectivity index (χ0n) is 17.2. The Morgan fingerprint density at radius 3 is 2.72 bits per heavy atom. The van der Waals surface area contributed by atoms with E-state index >= 15 is 0 Å². The average molecular weight is 528 g/mol. The van der Waals surface area contributed by atoms with Crippen molar-refractivity contribution in [1.29, 1.82) is 0 Å². The maximum Gasteiger partial charge on any atom is 0.231 e. The molecule has 0 bridgehead atoms. The Hall–Kier alpha value is -1.55. The standard InChI is InChI=1S/C21H28N4O2S.HI/c1-4-22-20(23-10-19-25-16(11-28-19)14(2)3)24-12-21(7-8-21)15-5-6-17-18(9-15)27-13-26-17;/h5-6,9,11,14H,4,7-8,10,12-13H2,1-3H3,(H2,22,23,24);1H. The maximum atomic E-state index is 5.55. The van der Waals surface area contributed by atoms with E-state index in [-0.39, 0.29) is 29.4 Å². The van der Waals surface area contributed by atoms with Crippen LogP contribution in [0.1, 0.15) is 55.8 Å². The number of rotatable bonds is 7. The van der Waals surface area contributed by atoms with Gasteiger partial charge in [0.25, 0.3) is 0 Å². The molecule has 0 spiro atoms. The maximum absolute atomic E-state index is 5.55. The lowest BCUT2D eigenvalue weighted by Crippen LogP contribution is -2.41. The molecule has 1 aromatic heterocycles. The summed E-state index contributed by atoms with van der Waals surface area (Å²) in [6, 6.07) is 6.31. The van der Waals surface area contributed by atoms with Crippen LogP contribution in [0.25, 0.3) is 0 Å². The third kappa shape index (κ3) is 5.14. The second-order valence-electron chi connectivity index (χ2n) is 7.72. The summed E-state index contributed by atoms with van der Waals surface area (Å²) < 4.78 is 11.0. The van der Waals surface area contributed by atoms with Crippen molar-refractivity contribution in [2.75, 3.05) is 19.9 Å². The van der Waals surface area contributed by atoms with Crippen molar-refractivity contribution >= 4 is 41.3 Å². The number of benzene rings is 1. The van der Waals surface area contributed by atoms with Crippen LogP contribution in [-0.4, -0.2) is 30.8 Å². The molecule has 29 heavy (non-hydrogen) atoms. The first-order chi connectivity index (χ1) is 13.6. The number of hydrogen-bond donors (Lipinski definition) is 2. The second kappa shape index (κ2) is 9.51. The summed E-state index contributed by atoms with van der Waals surface area (Å²) in [6.07, 6.45) is 2.34. The molecule has 1 aromatic carbocycles. The number of nitrogens with zero attached hydrogens (tertiary/aromatic N) is 2. The molecule has 4 rings (SSSR count). The highest BCUT2D eigenvalue weighted by molar-refractivity contribution is 14.0. The highest BCUT2D eigenvalue weighted by Crippen LogP contribution is 2.49. The first-order valence-corrected chi connectivity index (χ1v) is 10.8. The van der Waals surface area contributed by atoms with E-state index in [0.29, 0.717) is 19.3 Å². The molecule has 0 atom stereocenters. The Morgan fingerprint density at radius 1 is 1.24 bits per heavy atom. The minimum absolute atomic E-state index is 0. The highest BCUT2D eigenvalue weighted by atomic mass is 127. The molecular formula is C21H29IN4O2S. The summed E-state index contributed by atoms with van der Waals surface area (Å²) in [4.78, 5) is 9.41. The smallest absolute Gasteiger partial charge is 0.231 e. The van der Waals surface area contributed by atoms with Crippen LogP contribution in [0.2, 0.25) is 0 Å². The lowest BCUT2D eigenvalue weighted by Gasteiger charge is -2.19. The predicted octanol–water partition coefficient (Wildman–Crippen LogP) is 4.40. The molecule has 0 saturated heterocycles. The van der Waals surface area contributed by atoms with Gasteiger partial charge in [0.2, 0.25) is 6.79 Å². The lowest BCUT2D eigenvalue weighted by molar-refractivity contribution is 0.174. The molecular weight excluding hydrogens is 499 g/mol. The van der Waals surface area contributed by atoms with E-state index in [0.717, 1.165) is 41.2 Å². The Balaban J connectivity index is 0.00000240. The monoisotopic (exact) mass is 528 g/mol. The molecule has 2 N–H and O–H groups in total. The number of aromatic nitrogens is 1. The van der Waals surface area contributed by atoms with E-state index in [2.05, 4.69) is 53.9 Å². The quantitative estimate of drug-likeness (QED) is 0.317. The van der Waals surface area contributed by atoms with E-state index in [1.165, 1.54) is 18.4 Å². The zero-order valence-corrected chi connectivity index (χ0v) is 20.3. The normalized spacial score (nSPS) is 16.5. The molecule has 2 aliphatic rings. The van der Waals surface area contributed by atoms with Gasteiger partial charge in [-0.2, -0.15) is 0 Å². The molecule has 1 aliphatic heterocycles. The first kappa shape index (κ1) is 22.1. The Bertz CT molecular complexity index is 864. The fraction of sp³-hybridized carbons (Fsp3) is 0.524. The molecule has 2 heterocycles. The molecule has 0 amide bonds. The lowest BCUT2D eigenvalue weighted by atomic mass is 9.95. The SMILES string of the molecule is CCNC(=NCc1nc(C(C)C)cs1)NCC1(c2ccc3c(c2)OCO3)CC1.I. The molecule has 1 aliphatic carbocycles. The number of guanidine groups is 1. The Kier molecular flexibility index (Phi) is 7.26. The molecule has 6 nitrogen and oxygen atoms in total. The number of ether oxygens (including phenoxy) is 2. The largest absolute Gasteiger partial charge is 0.454 e. The van der Waals surface area contributed by atoms with Crippen LogP contribution < -0.4 is 20.1 Å². The van der Waals surface area contributed by atoms with Gasteiger partial charge in [-0.15, -0.1) is 35.3 Å². The summed E-state index contributed by atoms with van der Waals surface area (Å²) in [5.74, 6) is 2.99. The Morgan fingerprint density at radius 2 is 2.03 bits per heavy atom. The van der Waals surface area contributed by atoms with Gasteiger partial charge < -0.3 is 20.1 Å².